The summed E-state index contributed by atoms with van der Waals surface area (Å²) in [4.78, 5) is 21.8. The van der Waals surface area contributed by atoms with Gasteiger partial charge in [-0.3, -0.25) is 9.59 Å². The number of thioether (sulfide) groups is 1. The number of carbonyl (C=O) groups excluding carboxylic acids is 2. The number of benzene rings is 1. The van der Waals surface area contributed by atoms with Crippen molar-refractivity contribution in [2.24, 2.45) is 0 Å². The van der Waals surface area contributed by atoms with Gasteiger partial charge in [-0.15, -0.1) is 0 Å². The van der Waals surface area contributed by atoms with Crippen molar-refractivity contribution in [3.63, 3.8) is 0 Å². The summed E-state index contributed by atoms with van der Waals surface area (Å²) in [6.45, 7) is 2.99. The van der Waals surface area contributed by atoms with Crippen LogP contribution in [0.1, 0.15) is 29.8 Å². The second kappa shape index (κ2) is 6.12. The fourth-order valence-electron chi connectivity index (χ4n) is 1.16. The van der Waals surface area contributed by atoms with Crippen molar-refractivity contribution in [1.29, 1.82) is 0 Å². The van der Waals surface area contributed by atoms with Gasteiger partial charge in [0.15, 0.2) is 10.9 Å². The molecule has 2 N–H and O–H groups in total. The molecule has 4 heteroatoms. The summed E-state index contributed by atoms with van der Waals surface area (Å²) in [5.41, 5.74) is 7.51. The SMILES string of the molecule is CC(=O)SCC#Cc1ccc(C(C)=O)cc1N. The maximum Gasteiger partial charge on any atom is 0.186 e. The number of hydrogen-bond acceptors (Lipinski definition) is 4. The number of Topliss-reactive ketones (excluding diaryl/α,β-unsaturated/α-hetero) is 1. The summed E-state index contributed by atoms with van der Waals surface area (Å²) in [5, 5.41) is 0.0409. The van der Waals surface area contributed by atoms with E-state index in [4.69, 9.17) is 5.73 Å². The second-order valence-electron chi connectivity index (χ2n) is 3.44. The second-order valence-corrected chi connectivity index (χ2v) is 4.59. The highest BCUT2D eigenvalue weighted by atomic mass is 32.2. The van der Waals surface area contributed by atoms with Gasteiger partial charge in [-0.05, 0) is 19.1 Å². The van der Waals surface area contributed by atoms with Gasteiger partial charge < -0.3 is 5.73 Å². The molecular formula is C13H13NO2S. The molecule has 0 heterocycles. The predicted octanol–water partition coefficient (Wildman–Crippen LogP) is 2.10. The average Bonchev–Trinajstić information content (AvgIpc) is 2.25. The van der Waals surface area contributed by atoms with E-state index in [9.17, 15) is 9.59 Å². The van der Waals surface area contributed by atoms with E-state index in [-0.39, 0.29) is 10.9 Å². The summed E-state index contributed by atoms with van der Waals surface area (Å²) < 4.78 is 0. The van der Waals surface area contributed by atoms with E-state index in [0.717, 1.165) is 11.8 Å². The molecule has 88 valence electrons. The first-order valence-corrected chi connectivity index (χ1v) is 6.02. The number of hydrogen-bond donors (Lipinski definition) is 1. The Kier molecular flexibility index (Phi) is 4.80. The number of carbonyl (C=O) groups is 2. The number of rotatable bonds is 2. The minimum absolute atomic E-state index is 0.0247. The lowest BCUT2D eigenvalue weighted by atomic mass is 10.1. The molecule has 0 saturated carbocycles. The Balaban J connectivity index is 2.79. The molecule has 0 unspecified atom stereocenters. The van der Waals surface area contributed by atoms with Crippen LogP contribution in [-0.4, -0.2) is 16.7 Å². The highest BCUT2D eigenvalue weighted by Gasteiger charge is 2.02. The van der Waals surface area contributed by atoms with E-state index in [1.165, 1.54) is 13.8 Å². The van der Waals surface area contributed by atoms with Gasteiger partial charge in [0.1, 0.15) is 0 Å². The zero-order chi connectivity index (χ0) is 12.8. The van der Waals surface area contributed by atoms with E-state index < -0.39 is 0 Å². The largest absolute Gasteiger partial charge is 0.398 e. The third kappa shape index (κ3) is 4.33. The lowest BCUT2D eigenvalue weighted by Crippen LogP contribution is -1.97. The molecule has 0 aliphatic carbocycles. The minimum atomic E-state index is -0.0247. The van der Waals surface area contributed by atoms with E-state index in [2.05, 4.69) is 11.8 Å². The van der Waals surface area contributed by atoms with Crippen molar-refractivity contribution < 1.29 is 9.59 Å². The molecule has 0 spiro atoms. The van der Waals surface area contributed by atoms with Crippen LogP contribution in [0.5, 0.6) is 0 Å². The molecule has 1 aromatic carbocycles. The Hall–Kier alpha value is -1.73. The zero-order valence-electron chi connectivity index (χ0n) is 9.74. The van der Waals surface area contributed by atoms with E-state index in [0.29, 0.717) is 22.6 Å². The third-order valence-electron chi connectivity index (χ3n) is 2.03. The maximum absolute atomic E-state index is 11.1. The van der Waals surface area contributed by atoms with Crippen molar-refractivity contribution in [3.8, 4) is 11.8 Å². The van der Waals surface area contributed by atoms with Crippen molar-refractivity contribution in [2.75, 3.05) is 11.5 Å². The van der Waals surface area contributed by atoms with Gasteiger partial charge in [-0.25, -0.2) is 0 Å². The third-order valence-corrected chi connectivity index (χ3v) is 2.72. The fourth-order valence-corrected chi connectivity index (χ4v) is 1.51. The van der Waals surface area contributed by atoms with Crippen LogP contribution in [0.15, 0.2) is 18.2 Å². The summed E-state index contributed by atoms with van der Waals surface area (Å²) >= 11 is 1.16. The van der Waals surface area contributed by atoms with Crippen molar-refractivity contribution >= 4 is 28.3 Å². The predicted molar refractivity (Wildman–Crippen MR) is 70.9 cm³/mol. The molecule has 3 nitrogen and oxygen atoms in total. The summed E-state index contributed by atoms with van der Waals surface area (Å²) in [6, 6.07) is 5.03. The molecule has 0 radical (unpaired) electrons. The van der Waals surface area contributed by atoms with Crippen LogP contribution in [-0.2, 0) is 4.79 Å². The quantitative estimate of drug-likeness (QED) is 0.494. The van der Waals surface area contributed by atoms with Gasteiger partial charge in [0.2, 0.25) is 0 Å². The number of anilines is 1. The van der Waals surface area contributed by atoms with E-state index in [1.807, 2.05) is 0 Å². The highest BCUT2D eigenvalue weighted by Crippen LogP contribution is 2.13. The lowest BCUT2D eigenvalue weighted by Gasteiger charge is -2.00. The van der Waals surface area contributed by atoms with Crippen LogP contribution in [0, 0.1) is 11.8 Å². The maximum atomic E-state index is 11.1. The van der Waals surface area contributed by atoms with Crippen molar-refractivity contribution in [3.05, 3.63) is 29.3 Å². The molecule has 0 saturated heterocycles. The normalized spacial score (nSPS) is 9.29. The monoisotopic (exact) mass is 247 g/mol. The van der Waals surface area contributed by atoms with Crippen molar-refractivity contribution in [1.82, 2.24) is 0 Å². The Morgan fingerprint density at radius 1 is 1.35 bits per heavy atom. The average molecular weight is 247 g/mol. The standard InChI is InChI=1S/C13H13NO2S/c1-9(15)12-6-5-11(13(14)8-12)4-3-7-17-10(2)16/h5-6,8H,7,14H2,1-2H3. The van der Waals surface area contributed by atoms with Gasteiger partial charge >= 0.3 is 0 Å². The first-order chi connectivity index (χ1) is 8.00. The Morgan fingerprint density at radius 3 is 2.59 bits per heavy atom. The first kappa shape index (κ1) is 13.3. The molecule has 0 bridgehead atoms. The smallest absolute Gasteiger partial charge is 0.186 e. The minimum Gasteiger partial charge on any atom is -0.398 e. The number of ketones is 1. The molecule has 0 atom stereocenters. The number of nitrogen functional groups attached to an aromatic ring is 1. The van der Waals surface area contributed by atoms with Crippen LogP contribution in [0.2, 0.25) is 0 Å². The molecular weight excluding hydrogens is 234 g/mol. The van der Waals surface area contributed by atoms with E-state index >= 15 is 0 Å². The van der Waals surface area contributed by atoms with Crippen LogP contribution in [0.4, 0.5) is 5.69 Å². The first-order valence-electron chi connectivity index (χ1n) is 5.03. The molecule has 17 heavy (non-hydrogen) atoms. The van der Waals surface area contributed by atoms with Gasteiger partial charge in [0, 0.05) is 23.7 Å². The van der Waals surface area contributed by atoms with E-state index in [1.54, 1.807) is 18.2 Å². The van der Waals surface area contributed by atoms with Crippen LogP contribution in [0.3, 0.4) is 0 Å². The lowest BCUT2D eigenvalue weighted by molar-refractivity contribution is -0.109. The zero-order valence-corrected chi connectivity index (χ0v) is 10.6. The van der Waals surface area contributed by atoms with Gasteiger partial charge in [-0.1, -0.05) is 29.7 Å². The van der Waals surface area contributed by atoms with Gasteiger partial charge in [-0.2, -0.15) is 0 Å². The Morgan fingerprint density at radius 2 is 2.06 bits per heavy atom. The molecule has 0 amide bonds. The number of nitrogens with two attached hydrogens (primary N) is 1. The van der Waals surface area contributed by atoms with Crippen LogP contribution in [0.25, 0.3) is 0 Å². The molecule has 0 aliphatic rings. The molecule has 0 aliphatic heterocycles. The highest BCUT2D eigenvalue weighted by molar-refractivity contribution is 8.13. The summed E-state index contributed by atoms with van der Waals surface area (Å²) in [6.07, 6.45) is 0. The fraction of sp³-hybridized carbons (Fsp3) is 0.231. The Labute approximate surface area is 105 Å². The van der Waals surface area contributed by atoms with Crippen LogP contribution >= 0.6 is 11.8 Å². The molecule has 1 aromatic rings. The molecule has 0 fully saturated rings. The topological polar surface area (TPSA) is 60.2 Å². The summed E-state index contributed by atoms with van der Waals surface area (Å²) in [7, 11) is 0. The Bertz CT molecular complexity index is 512. The van der Waals surface area contributed by atoms with Crippen molar-refractivity contribution in [2.45, 2.75) is 13.8 Å². The molecule has 1 rings (SSSR count). The molecule has 0 aromatic heterocycles. The van der Waals surface area contributed by atoms with Gasteiger partial charge in [0.05, 0.1) is 5.75 Å². The van der Waals surface area contributed by atoms with Crippen LogP contribution < -0.4 is 5.73 Å². The summed E-state index contributed by atoms with van der Waals surface area (Å²) in [5.74, 6) is 6.15. The van der Waals surface area contributed by atoms with Gasteiger partial charge in [0.25, 0.3) is 0 Å².